The fraction of sp³-hybridized carbons (Fsp3) is 0.273. The Balaban J connectivity index is 1.51. The lowest BCUT2D eigenvalue weighted by Crippen LogP contribution is -2.36. The highest BCUT2D eigenvalue weighted by atomic mass is 16.5. The highest BCUT2D eigenvalue weighted by Crippen LogP contribution is 2.29. The minimum Gasteiger partial charge on any atom is -0.489 e. The van der Waals surface area contributed by atoms with Gasteiger partial charge in [0.1, 0.15) is 23.7 Å². The minimum absolute atomic E-state index is 0.165. The Kier molecular flexibility index (Phi) is 5.22. The van der Waals surface area contributed by atoms with Gasteiger partial charge in [0.25, 0.3) is 5.91 Å². The van der Waals surface area contributed by atoms with E-state index in [-0.39, 0.29) is 11.9 Å². The van der Waals surface area contributed by atoms with Crippen molar-refractivity contribution in [1.82, 2.24) is 10.6 Å². The zero-order valence-corrected chi connectivity index (χ0v) is 16.1. The summed E-state index contributed by atoms with van der Waals surface area (Å²) in [6.45, 7) is 2.70. The average molecular weight is 393 g/mol. The topological polar surface area (TPSA) is 107 Å². The highest BCUT2D eigenvalue weighted by Gasteiger charge is 2.30. The molecule has 2 amide bonds. The summed E-state index contributed by atoms with van der Waals surface area (Å²) in [4.78, 5) is 24.2. The molecular formula is C22H23N3O4. The number of ether oxygens (including phenoxy) is 1. The van der Waals surface area contributed by atoms with Crippen LogP contribution < -0.4 is 21.1 Å². The number of nitrogens with one attached hydrogen (secondary N) is 2. The van der Waals surface area contributed by atoms with Crippen LogP contribution in [-0.2, 0) is 11.4 Å². The lowest BCUT2D eigenvalue weighted by Gasteiger charge is -2.11. The number of benzene rings is 2. The third-order valence-corrected chi connectivity index (χ3v) is 5.12. The first-order chi connectivity index (χ1) is 14.0. The highest BCUT2D eigenvalue weighted by molar-refractivity contribution is 6.07. The van der Waals surface area contributed by atoms with Crippen LogP contribution in [0.3, 0.4) is 0 Å². The molecule has 1 saturated heterocycles. The van der Waals surface area contributed by atoms with Crippen LogP contribution in [-0.4, -0.2) is 30.4 Å². The van der Waals surface area contributed by atoms with Gasteiger partial charge in [-0.3, -0.25) is 9.59 Å². The van der Waals surface area contributed by atoms with E-state index in [2.05, 4.69) is 10.6 Å². The van der Waals surface area contributed by atoms with E-state index < -0.39 is 11.9 Å². The molecule has 4 N–H and O–H groups in total. The minimum atomic E-state index is -0.416. The summed E-state index contributed by atoms with van der Waals surface area (Å²) in [6, 6.07) is 14.7. The van der Waals surface area contributed by atoms with Gasteiger partial charge in [-0.2, -0.15) is 0 Å². The van der Waals surface area contributed by atoms with Crippen LogP contribution in [0.5, 0.6) is 5.75 Å². The standard InChI is InChI=1S/C22H23N3O4/c1-13-20(22(27)25-15-9-18(21(23)26)24-11-15)17-10-16(7-8-19(17)29-13)28-12-14-5-3-2-4-6-14/h2-8,10,15,18,24H,9,11-12H2,1H3,(H2,23,26)(H,25,27)/t15-,18+/m1/s1. The largest absolute Gasteiger partial charge is 0.489 e. The van der Waals surface area contributed by atoms with Crippen LogP contribution >= 0.6 is 0 Å². The molecule has 7 nitrogen and oxygen atoms in total. The molecule has 0 bridgehead atoms. The molecule has 3 aromatic rings. The molecule has 150 valence electrons. The molecule has 1 aliphatic rings. The normalized spacial score (nSPS) is 18.7. The molecule has 1 fully saturated rings. The fourth-order valence-electron chi connectivity index (χ4n) is 3.63. The van der Waals surface area contributed by atoms with Crippen molar-refractivity contribution in [3.8, 4) is 5.75 Å². The summed E-state index contributed by atoms with van der Waals surface area (Å²) in [5.74, 6) is 0.549. The molecule has 0 saturated carbocycles. The van der Waals surface area contributed by atoms with Crippen molar-refractivity contribution in [2.24, 2.45) is 5.73 Å². The van der Waals surface area contributed by atoms with Gasteiger partial charge in [0.15, 0.2) is 0 Å². The second-order valence-corrected chi connectivity index (χ2v) is 7.23. The molecule has 2 heterocycles. The van der Waals surface area contributed by atoms with Gasteiger partial charge in [-0.05, 0) is 37.1 Å². The van der Waals surface area contributed by atoms with Crippen molar-refractivity contribution < 1.29 is 18.7 Å². The van der Waals surface area contributed by atoms with E-state index >= 15 is 0 Å². The van der Waals surface area contributed by atoms with Gasteiger partial charge in [-0.25, -0.2) is 0 Å². The Morgan fingerprint density at radius 1 is 1.24 bits per heavy atom. The number of hydrogen-bond acceptors (Lipinski definition) is 5. The average Bonchev–Trinajstić information content (AvgIpc) is 3.30. The van der Waals surface area contributed by atoms with Crippen LogP contribution in [0.1, 0.15) is 28.1 Å². The maximum absolute atomic E-state index is 12.9. The Bertz CT molecular complexity index is 1040. The van der Waals surface area contributed by atoms with E-state index in [4.69, 9.17) is 14.9 Å². The second-order valence-electron chi connectivity index (χ2n) is 7.23. The van der Waals surface area contributed by atoms with Crippen molar-refractivity contribution in [2.45, 2.75) is 32.0 Å². The number of aryl methyl sites for hydroxylation is 1. The van der Waals surface area contributed by atoms with Gasteiger partial charge in [-0.15, -0.1) is 0 Å². The number of carbonyl (C=O) groups excluding carboxylic acids is 2. The molecule has 2 atom stereocenters. The van der Waals surface area contributed by atoms with E-state index in [1.54, 1.807) is 13.0 Å². The lowest BCUT2D eigenvalue weighted by molar-refractivity contribution is -0.119. The number of nitrogens with two attached hydrogens (primary N) is 1. The molecule has 0 unspecified atom stereocenters. The Hall–Kier alpha value is -3.32. The molecular weight excluding hydrogens is 370 g/mol. The second kappa shape index (κ2) is 7.97. The maximum atomic E-state index is 12.9. The van der Waals surface area contributed by atoms with Gasteiger partial charge >= 0.3 is 0 Å². The Morgan fingerprint density at radius 2 is 2.03 bits per heavy atom. The van der Waals surface area contributed by atoms with Gasteiger partial charge < -0.3 is 25.5 Å². The summed E-state index contributed by atoms with van der Waals surface area (Å²) in [5.41, 5.74) is 7.49. The lowest BCUT2D eigenvalue weighted by atomic mass is 10.1. The molecule has 7 heteroatoms. The molecule has 1 aliphatic heterocycles. The van der Waals surface area contributed by atoms with Crippen LogP contribution in [0.15, 0.2) is 52.9 Å². The number of carbonyl (C=O) groups is 2. The first kappa shape index (κ1) is 19.0. The van der Waals surface area contributed by atoms with Crippen LogP contribution in [0.2, 0.25) is 0 Å². The Labute approximate surface area is 168 Å². The van der Waals surface area contributed by atoms with Crippen molar-refractivity contribution in [3.63, 3.8) is 0 Å². The van der Waals surface area contributed by atoms with E-state index in [1.165, 1.54) is 0 Å². The molecule has 4 rings (SSSR count). The number of rotatable bonds is 6. The number of furan rings is 1. The summed E-state index contributed by atoms with van der Waals surface area (Å²) in [5, 5.41) is 6.68. The predicted octanol–water partition coefficient (Wildman–Crippen LogP) is 2.27. The van der Waals surface area contributed by atoms with Crippen molar-refractivity contribution >= 4 is 22.8 Å². The molecule has 0 radical (unpaired) electrons. The predicted molar refractivity (Wildman–Crippen MR) is 109 cm³/mol. The summed E-state index contributed by atoms with van der Waals surface area (Å²) in [6.07, 6.45) is 0.474. The molecule has 2 aromatic carbocycles. The summed E-state index contributed by atoms with van der Waals surface area (Å²) in [7, 11) is 0. The van der Waals surface area contributed by atoms with Crippen LogP contribution in [0, 0.1) is 6.92 Å². The van der Waals surface area contributed by atoms with E-state index in [9.17, 15) is 9.59 Å². The molecule has 1 aromatic heterocycles. The number of fused-ring (bicyclic) bond motifs is 1. The van der Waals surface area contributed by atoms with Crippen LogP contribution in [0.4, 0.5) is 0 Å². The fourth-order valence-corrected chi connectivity index (χ4v) is 3.63. The third kappa shape index (κ3) is 4.09. The van der Waals surface area contributed by atoms with Crippen molar-refractivity contribution in [3.05, 3.63) is 65.4 Å². The summed E-state index contributed by atoms with van der Waals surface area (Å²) >= 11 is 0. The monoisotopic (exact) mass is 393 g/mol. The third-order valence-electron chi connectivity index (χ3n) is 5.12. The number of primary amides is 1. The van der Waals surface area contributed by atoms with Gasteiger partial charge in [0.05, 0.1) is 11.6 Å². The SMILES string of the molecule is Cc1oc2ccc(OCc3ccccc3)cc2c1C(=O)N[C@H]1CN[C@H](C(N)=O)C1. The number of hydrogen-bond donors (Lipinski definition) is 3. The number of amides is 2. The molecule has 0 spiro atoms. The molecule has 0 aliphatic carbocycles. The zero-order chi connectivity index (χ0) is 20.4. The quantitative estimate of drug-likeness (QED) is 0.596. The van der Waals surface area contributed by atoms with Crippen molar-refractivity contribution in [2.75, 3.05) is 6.54 Å². The van der Waals surface area contributed by atoms with Crippen LogP contribution in [0.25, 0.3) is 11.0 Å². The Morgan fingerprint density at radius 3 is 2.76 bits per heavy atom. The first-order valence-corrected chi connectivity index (χ1v) is 9.54. The van der Waals surface area contributed by atoms with Crippen molar-refractivity contribution in [1.29, 1.82) is 0 Å². The van der Waals surface area contributed by atoms with E-state index in [0.29, 0.717) is 47.6 Å². The van der Waals surface area contributed by atoms with Gasteiger partial charge in [0.2, 0.25) is 5.91 Å². The maximum Gasteiger partial charge on any atom is 0.255 e. The van der Waals surface area contributed by atoms with Gasteiger partial charge in [0, 0.05) is 18.0 Å². The summed E-state index contributed by atoms with van der Waals surface area (Å²) < 4.78 is 11.6. The van der Waals surface area contributed by atoms with E-state index in [0.717, 1.165) is 5.56 Å². The van der Waals surface area contributed by atoms with Gasteiger partial charge in [-0.1, -0.05) is 30.3 Å². The zero-order valence-electron chi connectivity index (χ0n) is 16.1. The first-order valence-electron chi connectivity index (χ1n) is 9.54. The molecule has 29 heavy (non-hydrogen) atoms. The smallest absolute Gasteiger partial charge is 0.255 e. The van der Waals surface area contributed by atoms with E-state index in [1.807, 2.05) is 42.5 Å².